The van der Waals surface area contributed by atoms with Crippen molar-refractivity contribution in [3.63, 3.8) is 0 Å². The Kier molecular flexibility index (Phi) is 4.73. The van der Waals surface area contributed by atoms with Gasteiger partial charge >= 0.3 is 0 Å². The fraction of sp³-hybridized carbons (Fsp3) is 0.375. The summed E-state index contributed by atoms with van der Waals surface area (Å²) in [6.45, 7) is 0.220. The van der Waals surface area contributed by atoms with Crippen LogP contribution in [-0.2, 0) is 17.8 Å². The molecule has 2 N–H and O–H groups in total. The third-order valence-corrected chi connectivity index (χ3v) is 4.14. The number of amides is 2. The zero-order valence-corrected chi connectivity index (χ0v) is 13.3. The SMILES string of the molecule is NC(=O)c1cn(CC2CC(F)CN2C(=O)Cc2ccc(F)cc2)nn1. The molecular weight excluding hydrogens is 332 g/mol. The maximum absolute atomic E-state index is 13.8. The zero-order chi connectivity index (χ0) is 18.0. The third kappa shape index (κ3) is 3.98. The highest BCUT2D eigenvalue weighted by atomic mass is 19.1. The van der Waals surface area contributed by atoms with Gasteiger partial charge in [-0.15, -0.1) is 5.10 Å². The lowest BCUT2D eigenvalue weighted by Crippen LogP contribution is -2.39. The van der Waals surface area contributed by atoms with E-state index < -0.39 is 18.1 Å². The Hall–Kier alpha value is -2.84. The van der Waals surface area contributed by atoms with Crippen LogP contribution >= 0.6 is 0 Å². The molecule has 132 valence electrons. The smallest absolute Gasteiger partial charge is 0.270 e. The van der Waals surface area contributed by atoms with Crippen molar-refractivity contribution in [1.29, 1.82) is 0 Å². The maximum atomic E-state index is 13.8. The Bertz CT molecular complexity index is 777. The molecule has 3 rings (SSSR count). The molecular formula is C16H17F2N5O2. The number of benzene rings is 1. The van der Waals surface area contributed by atoms with Gasteiger partial charge in [-0.1, -0.05) is 17.3 Å². The lowest BCUT2D eigenvalue weighted by Gasteiger charge is -2.24. The van der Waals surface area contributed by atoms with Crippen LogP contribution in [0.5, 0.6) is 0 Å². The van der Waals surface area contributed by atoms with Gasteiger partial charge in [0.05, 0.1) is 31.7 Å². The van der Waals surface area contributed by atoms with E-state index in [4.69, 9.17) is 5.73 Å². The van der Waals surface area contributed by atoms with E-state index in [-0.39, 0.29) is 43.3 Å². The number of primary amides is 1. The van der Waals surface area contributed by atoms with E-state index in [1.54, 1.807) is 0 Å². The summed E-state index contributed by atoms with van der Waals surface area (Å²) in [4.78, 5) is 25.0. The summed E-state index contributed by atoms with van der Waals surface area (Å²) in [5.74, 6) is -1.33. The predicted octanol–water partition coefficient (Wildman–Crippen LogP) is 0.698. The van der Waals surface area contributed by atoms with E-state index in [0.717, 1.165) is 0 Å². The number of nitrogens with two attached hydrogens (primary N) is 1. The molecule has 1 aromatic heterocycles. The first kappa shape index (κ1) is 17.0. The summed E-state index contributed by atoms with van der Waals surface area (Å²) in [5, 5.41) is 7.41. The average molecular weight is 349 g/mol. The summed E-state index contributed by atoms with van der Waals surface area (Å²) in [5.41, 5.74) is 5.79. The molecule has 0 bridgehead atoms. The first-order valence-electron chi connectivity index (χ1n) is 7.80. The third-order valence-electron chi connectivity index (χ3n) is 4.14. The van der Waals surface area contributed by atoms with E-state index in [1.165, 1.54) is 40.0 Å². The number of aromatic nitrogens is 3. The van der Waals surface area contributed by atoms with Crippen LogP contribution in [0.25, 0.3) is 0 Å². The largest absolute Gasteiger partial charge is 0.364 e. The Morgan fingerprint density at radius 3 is 2.64 bits per heavy atom. The minimum Gasteiger partial charge on any atom is -0.364 e. The molecule has 1 fully saturated rings. The van der Waals surface area contributed by atoms with Crippen LogP contribution in [0.15, 0.2) is 30.5 Å². The number of nitrogens with zero attached hydrogens (tertiary/aromatic N) is 4. The Balaban J connectivity index is 1.68. The van der Waals surface area contributed by atoms with Crippen LogP contribution in [0.3, 0.4) is 0 Å². The van der Waals surface area contributed by atoms with Gasteiger partial charge in [0.2, 0.25) is 5.91 Å². The van der Waals surface area contributed by atoms with Crippen molar-refractivity contribution in [1.82, 2.24) is 19.9 Å². The van der Waals surface area contributed by atoms with Crippen LogP contribution in [0, 0.1) is 5.82 Å². The van der Waals surface area contributed by atoms with Crippen molar-refractivity contribution < 1.29 is 18.4 Å². The van der Waals surface area contributed by atoms with Crippen molar-refractivity contribution in [2.75, 3.05) is 6.54 Å². The highest BCUT2D eigenvalue weighted by molar-refractivity contribution is 5.90. The molecule has 25 heavy (non-hydrogen) atoms. The number of hydrogen-bond acceptors (Lipinski definition) is 4. The first-order chi connectivity index (χ1) is 11.9. The van der Waals surface area contributed by atoms with Gasteiger partial charge < -0.3 is 10.6 Å². The molecule has 2 aromatic rings. The quantitative estimate of drug-likeness (QED) is 0.860. The summed E-state index contributed by atoms with van der Waals surface area (Å²) in [6.07, 6.45) is 0.492. The number of likely N-dealkylation sites (tertiary alicyclic amines) is 1. The molecule has 2 atom stereocenters. The minimum absolute atomic E-state index is 0.00205. The number of halogens is 2. The fourth-order valence-electron chi connectivity index (χ4n) is 2.93. The Morgan fingerprint density at radius 2 is 2.00 bits per heavy atom. The van der Waals surface area contributed by atoms with Gasteiger partial charge in [-0.05, 0) is 17.7 Å². The molecule has 1 aromatic carbocycles. The molecule has 0 spiro atoms. The predicted molar refractivity (Wildman–Crippen MR) is 83.7 cm³/mol. The zero-order valence-electron chi connectivity index (χ0n) is 13.3. The van der Waals surface area contributed by atoms with E-state index in [0.29, 0.717) is 5.56 Å². The number of carbonyl (C=O) groups excluding carboxylic acids is 2. The second kappa shape index (κ2) is 6.96. The number of rotatable bonds is 5. The van der Waals surface area contributed by atoms with E-state index >= 15 is 0 Å². The summed E-state index contributed by atoms with van der Waals surface area (Å²) < 4.78 is 28.2. The van der Waals surface area contributed by atoms with Gasteiger partial charge in [0.1, 0.15) is 12.0 Å². The molecule has 1 aliphatic heterocycles. The number of carbonyl (C=O) groups is 2. The normalized spacial score (nSPS) is 20.0. The Labute approximate surface area is 142 Å². The fourth-order valence-corrected chi connectivity index (χ4v) is 2.93. The lowest BCUT2D eigenvalue weighted by atomic mass is 10.1. The van der Waals surface area contributed by atoms with Crippen molar-refractivity contribution in [3.8, 4) is 0 Å². The van der Waals surface area contributed by atoms with Crippen molar-refractivity contribution >= 4 is 11.8 Å². The van der Waals surface area contributed by atoms with Crippen LogP contribution in [0.4, 0.5) is 8.78 Å². The molecule has 9 heteroatoms. The van der Waals surface area contributed by atoms with E-state index in [1.807, 2.05) is 0 Å². The summed E-state index contributed by atoms with van der Waals surface area (Å²) >= 11 is 0. The topological polar surface area (TPSA) is 94.1 Å². The number of hydrogen-bond donors (Lipinski definition) is 1. The molecule has 2 unspecified atom stereocenters. The molecule has 1 saturated heterocycles. The van der Waals surface area contributed by atoms with Crippen LogP contribution in [-0.4, -0.2) is 50.5 Å². The molecule has 0 aliphatic carbocycles. The molecule has 0 saturated carbocycles. The monoisotopic (exact) mass is 349 g/mol. The van der Waals surface area contributed by atoms with Gasteiger partial charge in [-0.3, -0.25) is 9.59 Å². The second-order valence-electron chi connectivity index (χ2n) is 6.03. The van der Waals surface area contributed by atoms with Gasteiger partial charge in [-0.25, -0.2) is 13.5 Å². The summed E-state index contributed by atoms with van der Waals surface area (Å²) in [6, 6.07) is 5.22. The van der Waals surface area contributed by atoms with Gasteiger partial charge in [0.15, 0.2) is 5.69 Å². The first-order valence-corrected chi connectivity index (χ1v) is 7.80. The molecule has 7 nitrogen and oxygen atoms in total. The van der Waals surface area contributed by atoms with Gasteiger partial charge in [0.25, 0.3) is 5.91 Å². The summed E-state index contributed by atoms with van der Waals surface area (Å²) in [7, 11) is 0. The van der Waals surface area contributed by atoms with Crippen LogP contribution in [0.1, 0.15) is 22.5 Å². The molecule has 1 aliphatic rings. The van der Waals surface area contributed by atoms with Crippen molar-refractivity contribution in [2.24, 2.45) is 5.73 Å². The highest BCUT2D eigenvalue weighted by Crippen LogP contribution is 2.23. The molecule has 2 heterocycles. The van der Waals surface area contributed by atoms with Crippen molar-refractivity contribution in [2.45, 2.75) is 31.6 Å². The average Bonchev–Trinajstić information content (AvgIpc) is 3.17. The van der Waals surface area contributed by atoms with Gasteiger partial charge in [0, 0.05) is 6.42 Å². The van der Waals surface area contributed by atoms with E-state index in [2.05, 4.69) is 10.3 Å². The van der Waals surface area contributed by atoms with Crippen LogP contribution in [0.2, 0.25) is 0 Å². The van der Waals surface area contributed by atoms with Crippen LogP contribution < -0.4 is 5.73 Å². The molecule has 0 radical (unpaired) electrons. The van der Waals surface area contributed by atoms with Crippen molar-refractivity contribution in [3.05, 3.63) is 47.5 Å². The van der Waals surface area contributed by atoms with E-state index in [9.17, 15) is 18.4 Å². The van der Waals surface area contributed by atoms with Gasteiger partial charge in [-0.2, -0.15) is 0 Å². The minimum atomic E-state index is -1.12. The molecule has 2 amide bonds. The standard InChI is InChI=1S/C16H17F2N5O2/c17-11-3-1-10(2-4-11)5-15(24)23-7-12(18)6-13(23)8-22-9-14(16(19)25)20-21-22/h1-4,9,12-13H,5-8H2,(H2,19,25). The number of alkyl halides is 1. The second-order valence-corrected chi connectivity index (χ2v) is 6.03. The lowest BCUT2D eigenvalue weighted by molar-refractivity contribution is -0.131. The maximum Gasteiger partial charge on any atom is 0.270 e. The highest BCUT2D eigenvalue weighted by Gasteiger charge is 2.35. The Morgan fingerprint density at radius 1 is 1.28 bits per heavy atom.